The summed E-state index contributed by atoms with van der Waals surface area (Å²) in [5, 5.41) is 23.6. The van der Waals surface area contributed by atoms with Crippen LogP contribution in [-0.2, 0) is 66.7 Å². The van der Waals surface area contributed by atoms with E-state index in [9.17, 15) is 39.0 Å². The molecule has 5 aliphatic rings. The number of methoxy groups -OCH3 is 3. The number of cyclic esters (lactones) is 1. The molecule has 0 aromatic rings. The quantitative estimate of drug-likeness (QED) is 0.136. The van der Waals surface area contributed by atoms with Crippen molar-refractivity contribution in [1.29, 1.82) is 0 Å². The fourth-order valence-electron chi connectivity index (χ4n) is 11.4. The lowest BCUT2D eigenvalue weighted by atomic mass is 9.78. The molecule has 17 nitrogen and oxygen atoms in total. The van der Waals surface area contributed by atoms with E-state index in [1.54, 1.807) is 61.8 Å². The minimum atomic E-state index is -2.46. The highest BCUT2D eigenvalue weighted by Gasteiger charge is 2.53. The second-order valence-electron chi connectivity index (χ2n) is 23.5. The molecular weight excluding hydrogens is 979 g/mol. The fraction of sp³-hybridized carbons (Fsp3) is 0.763. The molecule has 2 bridgehead atoms. The van der Waals surface area contributed by atoms with Crippen LogP contribution in [0.1, 0.15) is 146 Å². The molecule has 0 spiro atoms. The van der Waals surface area contributed by atoms with Gasteiger partial charge in [-0.05, 0) is 128 Å². The highest BCUT2D eigenvalue weighted by atomic mass is 16.7. The SMILES string of the molecule is COC1CC2CCC(C)C(O)(O2)C(=O)C(=O)N2CCCC[C@H]2C(=O)OC(C(C)CC2CCC(OC(=O)C3(C)COC(C)(C)OC3)C(OC)C2)CC(=O)C(C)/C=C(\C)C(O)C(OC)C(=O)C(C)CC(C)/C=C/C=C/C=C/1C. The van der Waals surface area contributed by atoms with Gasteiger partial charge < -0.3 is 53.0 Å². The number of esters is 2. The maximum absolute atomic E-state index is 14.6. The summed E-state index contributed by atoms with van der Waals surface area (Å²) in [5.74, 6) is -9.63. The van der Waals surface area contributed by atoms with Crippen LogP contribution in [0.4, 0.5) is 0 Å². The number of amides is 1. The summed E-state index contributed by atoms with van der Waals surface area (Å²) < 4.78 is 47.6. The molecule has 14 unspecified atom stereocenters. The molecule has 76 heavy (non-hydrogen) atoms. The number of hydrogen-bond acceptors (Lipinski definition) is 16. The van der Waals surface area contributed by atoms with Gasteiger partial charge in [0.25, 0.3) is 11.7 Å². The number of rotatable bonds is 8. The van der Waals surface area contributed by atoms with Gasteiger partial charge in [0.15, 0.2) is 11.6 Å². The van der Waals surface area contributed by atoms with Gasteiger partial charge in [0.2, 0.25) is 5.79 Å². The highest BCUT2D eigenvalue weighted by Crippen LogP contribution is 2.39. The molecule has 4 heterocycles. The van der Waals surface area contributed by atoms with E-state index in [4.69, 9.17) is 37.9 Å². The molecule has 428 valence electrons. The average Bonchev–Trinajstić information content (AvgIpc) is 3.39. The van der Waals surface area contributed by atoms with Crippen molar-refractivity contribution in [2.24, 2.45) is 40.9 Å². The highest BCUT2D eigenvalue weighted by molar-refractivity contribution is 6.39. The van der Waals surface area contributed by atoms with Crippen molar-refractivity contribution >= 4 is 35.2 Å². The third-order valence-electron chi connectivity index (χ3n) is 16.7. The van der Waals surface area contributed by atoms with E-state index in [0.717, 1.165) is 5.57 Å². The summed E-state index contributed by atoms with van der Waals surface area (Å²) in [6.45, 7) is 18.3. The average molecular weight is 1070 g/mol. The molecule has 1 amide bonds. The zero-order chi connectivity index (χ0) is 56.3. The second kappa shape index (κ2) is 27.8. The molecule has 0 radical (unpaired) electrons. The molecule has 17 heteroatoms. The number of Topliss-reactive ketones (excluding diaryl/α,β-unsaturated/α-hetero) is 3. The lowest BCUT2D eigenvalue weighted by molar-refractivity contribution is -0.283. The summed E-state index contributed by atoms with van der Waals surface area (Å²) in [4.78, 5) is 86.3. The monoisotopic (exact) mass is 1070 g/mol. The lowest BCUT2D eigenvalue weighted by Gasteiger charge is -2.43. The third kappa shape index (κ3) is 16.1. The Morgan fingerprint density at radius 1 is 0.829 bits per heavy atom. The van der Waals surface area contributed by atoms with Crippen molar-refractivity contribution in [1.82, 2.24) is 4.90 Å². The number of ketones is 3. The van der Waals surface area contributed by atoms with E-state index >= 15 is 0 Å². The van der Waals surface area contributed by atoms with Crippen molar-refractivity contribution in [2.45, 2.75) is 207 Å². The summed E-state index contributed by atoms with van der Waals surface area (Å²) in [6, 6.07) is -1.18. The number of ether oxygens (including phenoxy) is 8. The van der Waals surface area contributed by atoms with Crippen LogP contribution in [-0.4, -0.2) is 152 Å². The number of carbonyl (C=O) groups is 6. The fourth-order valence-corrected chi connectivity index (χ4v) is 11.4. The predicted octanol–water partition coefficient (Wildman–Crippen LogP) is 7.52. The van der Waals surface area contributed by atoms with Gasteiger partial charge in [-0.25, -0.2) is 4.79 Å². The van der Waals surface area contributed by atoms with E-state index in [0.29, 0.717) is 69.8 Å². The smallest absolute Gasteiger partial charge is 0.329 e. The van der Waals surface area contributed by atoms with Gasteiger partial charge >= 0.3 is 11.9 Å². The Labute approximate surface area is 451 Å². The molecule has 2 N–H and O–H groups in total. The van der Waals surface area contributed by atoms with Gasteiger partial charge in [-0.15, -0.1) is 0 Å². The first-order valence-corrected chi connectivity index (χ1v) is 27.8. The Hall–Kier alpha value is -3.94. The molecule has 0 aromatic heterocycles. The van der Waals surface area contributed by atoms with Crippen molar-refractivity contribution in [2.75, 3.05) is 41.1 Å². The second-order valence-corrected chi connectivity index (χ2v) is 23.5. The van der Waals surface area contributed by atoms with Crippen LogP contribution >= 0.6 is 0 Å². The molecule has 5 rings (SSSR count). The van der Waals surface area contributed by atoms with Crippen LogP contribution in [0, 0.1) is 40.9 Å². The number of hydrogen-bond donors (Lipinski definition) is 2. The van der Waals surface area contributed by atoms with Crippen molar-refractivity contribution < 1.29 is 76.9 Å². The molecule has 4 aliphatic heterocycles. The van der Waals surface area contributed by atoms with Crippen LogP contribution < -0.4 is 0 Å². The number of aliphatic hydroxyl groups excluding tert-OH is 1. The van der Waals surface area contributed by atoms with Gasteiger partial charge in [-0.1, -0.05) is 71.1 Å². The maximum atomic E-state index is 14.6. The summed E-state index contributed by atoms with van der Waals surface area (Å²) in [7, 11) is 4.52. The molecule has 15 atom stereocenters. The number of piperidine rings is 1. The number of aliphatic hydroxyl groups is 2. The maximum Gasteiger partial charge on any atom is 0.329 e. The third-order valence-corrected chi connectivity index (χ3v) is 16.7. The van der Waals surface area contributed by atoms with E-state index < -0.39 is 113 Å². The predicted molar refractivity (Wildman–Crippen MR) is 283 cm³/mol. The van der Waals surface area contributed by atoms with Crippen molar-refractivity contribution in [3.05, 3.63) is 47.6 Å². The zero-order valence-electron chi connectivity index (χ0n) is 47.7. The molecule has 0 aromatic carbocycles. The summed E-state index contributed by atoms with van der Waals surface area (Å²) >= 11 is 0. The minimum Gasteiger partial charge on any atom is -0.460 e. The van der Waals surface area contributed by atoms with Crippen LogP contribution in [0.2, 0.25) is 0 Å². The van der Waals surface area contributed by atoms with E-state index in [-0.39, 0.29) is 56.0 Å². The molecule has 4 fully saturated rings. The standard InChI is InChI=1S/C59H91NO16/c1-35-19-15-14-16-20-36(2)47(69-11)31-43-24-22-41(7)59(68,76-43)53(64)54(65)60-26-18-17-21-44(60)55(66)74-48(32-45(61)37(3)28-40(6)51(63)52(71-13)50(62)39(5)27-35)38(4)29-42-23-25-46(49(30-42)70-12)75-56(67)58(10)33-72-57(8,9)73-34-58/h14-16,19-20,28,35,37-39,41-44,46-49,51-52,63,68H,17-18,21-27,29-34H2,1-13H3/b16-14+,19-15+,36-20+,40-28+/t35?,37?,38?,39?,41?,42?,43?,44-,46?,47?,48?,49?,51?,52?,59?/m0/s1. The van der Waals surface area contributed by atoms with Crippen LogP contribution in [0.25, 0.3) is 0 Å². The number of nitrogens with zero attached hydrogens (tertiary/aromatic N) is 1. The van der Waals surface area contributed by atoms with Gasteiger partial charge in [-0.2, -0.15) is 0 Å². The molecule has 3 saturated heterocycles. The number of allylic oxidation sites excluding steroid dienone is 6. The first-order chi connectivity index (χ1) is 35.8. The van der Waals surface area contributed by atoms with Gasteiger partial charge in [0.05, 0.1) is 31.5 Å². The lowest BCUT2D eigenvalue weighted by Crippen LogP contribution is -2.61. The van der Waals surface area contributed by atoms with E-state index in [1.807, 2.05) is 58.1 Å². The largest absolute Gasteiger partial charge is 0.460 e. The first-order valence-electron chi connectivity index (χ1n) is 27.8. The Kier molecular flexibility index (Phi) is 23.0. The van der Waals surface area contributed by atoms with Gasteiger partial charge in [0, 0.05) is 58.5 Å². The van der Waals surface area contributed by atoms with Gasteiger partial charge in [-0.3, -0.25) is 24.0 Å². The number of carbonyl (C=O) groups excluding carboxylic acids is 6. The Morgan fingerprint density at radius 2 is 1.53 bits per heavy atom. The van der Waals surface area contributed by atoms with E-state index in [2.05, 4.69) is 0 Å². The van der Waals surface area contributed by atoms with E-state index in [1.165, 1.54) is 12.0 Å². The Balaban J connectivity index is 1.43. The van der Waals surface area contributed by atoms with Crippen LogP contribution in [0.5, 0.6) is 0 Å². The Morgan fingerprint density at radius 3 is 2.18 bits per heavy atom. The van der Waals surface area contributed by atoms with Crippen molar-refractivity contribution in [3.8, 4) is 0 Å². The number of fused-ring (bicyclic) bond motifs is 3. The minimum absolute atomic E-state index is 0.000496. The summed E-state index contributed by atoms with van der Waals surface area (Å²) in [5.41, 5.74) is 0.243. The molecule has 1 saturated carbocycles. The Bertz CT molecular complexity index is 2140. The summed E-state index contributed by atoms with van der Waals surface area (Å²) in [6.07, 6.45) is 10.5. The topological polar surface area (TPSA) is 220 Å². The molecule has 1 aliphatic carbocycles. The van der Waals surface area contributed by atoms with Gasteiger partial charge in [0.1, 0.15) is 41.7 Å². The van der Waals surface area contributed by atoms with Crippen LogP contribution in [0.15, 0.2) is 47.6 Å². The normalized spacial score (nSPS) is 38.8. The molecular formula is C59H91NO16. The van der Waals surface area contributed by atoms with Crippen molar-refractivity contribution in [3.63, 3.8) is 0 Å². The zero-order valence-corrected chi connectivity index (χ0v) is 47.7. The van der Waals surface area contributed by atoms with Crippen LogP contribution in [0.3, 0.4) is 0 Å². The first kappa shape index (κ1) is 62.9.